The maximum Gasteiger partial charge on any atom is 0.259 e. The maximum absolute atomic E-state index is 12.3. The first-order valence-corrected chi connectivity index (χ1v) is 6.14. The Kier molecular flexibility index (Phi) is 3.34. The predicted octanol–water partition coefficient (Wildman–Crippen LogP) is 3.35. The third-order valence-electron chi connectivity index (χ3n) is 3.29. The largest absolute Gasteiger partial charge is 0.466 e. The molecule has 0 radical (unpaired) electrons. The summed E-state index contributed by atoms with van der Waals surface area (Å²) in [7, 11) is 0. The van der Waals surface area contributed by atoms with Gasteiger partial charge in [0.05, 0.1) is 5.56 Å². The Labute approximate surface area is 112 Å². The summed E-state index contributed by atoms with van der Waals surface area (Å²) in [5.74, 6) is 1.26. The fourth-order valence-corrected chi connectivity index (χ4v) is 2.14. The molecule has 2 rings (SSSR count). The van der Waals surface area contributed by atoms with Crippen molar-refractivity contribution in [3.63, 3.8) is 0 Å². The summed E-state index contributed by atoms with van der Waals surface area (Å²) in [4.78, 5) is 12.3. The van der Waals surface area contributed by atoms with Gasteiger partial charge in [-0.3, -0.25) is 4.79 Å². The number of rotatable bonds is 2. The van der Waals surface area contributed by atoms with Crippen molar-refractivity contribution in [1.29, 1.82) is 0 Å². The number of hydrogen-bond donors (Lipinski definition) is 2. The highest BCUT2D eigenvalue weighted by Crippen LogP contribution is 2.23. The molecule has 0 aliphatic carbocycles. The van der Waals surface area contributed by atoms with Crippen LogP contribution in [-0.4, -0.2) is 5.91 Å². The molecule has 3 N–H and O–H groups in total. The van der Waals surface area contributed by atoms with Gasteiger partial charge in [0.2, 0.25) is 0 Å². The van der Waals surface area contributed by atoms with E-state index in [-0.39, 0.29) is 5.91 Å². The molecule has 1 amide bonds. The van der Waals surface area contributed by atoms with Gasteiger partial charge in [-0.15, -0.1) is 0 Å². The van der Waals surface area contributed by atoms with Gasteiger partial charge in [-0.1, -0.05) is 0 Å². The molecule has 0 unspecified atom stereocenters. The lowest BCUT2D eigenvalue weighted by atomic mass is 10.1. The smallest absolute Gasteiger partial charge is 0.259 e. The van der Waals surface area contributed by atoms with E-state index in [1.165, 1.54) is 0 Å². The highest BCUT2D eigenvalue weighted by atomic mass is 16.3. The number of furan rings is 1. The molecular formula is C15H18N2O2. The Bertz CT molecular complexity index is 642. The van der Waals surface area contributed by atoms with Crippen molar-refractivity contribution < 1.29 is 9.21 Å². The normalized spacial score (nSPS) is 10.5. The van der Waals surface area contributed by atoms with Crippen LogP contribution in [0.4, 0.5) is 11.4 Å². The van der Waals surface area contributed by atoms with Gasteiger partial charge in [0.25, 0.3) is 5.91 Å². The Hall–Kier alpha value is -2.23. The van der Waals surface area contributed by atoms with Crippen LogP contribution in [-0.2, 0) is 0 Å². The van der Waals surface area contributed by atoms with Gasteiger partial charge in [0.15, 0.2) is 0 Å². The van der Waals surface area contributed by atoms with E-state index in [4.69, 9.17) is 10.2 Å². The standard InChI is InChI=1S/C15H18N2O2/c1-8-7-12(16)5-6-13(8)17-15(18)14-9(2)10(3)19-11(14)4/h5-7H,16H2,1-4H3,(H,17,18). The SMILES string of the molecule is Cc1cc(N)ccc1NC(=O)c1c(C)oc(C)c1C. The molecule has 4 heteroatoms. The molecule has 1 heterocycles. The number of benzene rings is 1. The molecule has 100 valence electrons. The number of hydrogen-bond acceptors (Lipinski definition) is 3. The number of nitrogens with two attached hydrogens (primary N) is 1. The number of nitrogen functional groups attached to an aromatic ring is 1. The zero-order valence-electron chi connectivity index (χ0n) is 11.6. The molecular weight excluding hydrogens is 240 g/mol. The number of carbonyl (C=O) groups is 1. The van der Waals surface area contributed by atoms with E-state index in [0.29, 0.717) is 17.0 Å². The monoisotopic (exact) mass is 258 g/mol. The van der Waals surface area contributed by atoms with Gasteiger partial charge in [-0.2, -0.15) is 0 Å². The molecule has 1 aromatic carbocycles. The lowest BCUT2D eigenvalue weighted by Crippen LogP contribution is -2.14. The minimum Gasteiger partial charge on any atom is -0.466 e. The third-order valence-corrected chi connectivity index (χ3v) is 3.29. The number of anilines is 2. The lowest BCUT2D eigenvalue weighted by Gasteiger charge is -2.09. The van der Waals surface area contributed by atoms with Crippen LogP contribution < -0.4 is 11.1 Å². The molecule has 0 bridgehead atoms. The Morgan fingerprint density at radius 1 is 1.16 bits per heavy atom. The molecule has 4 nitrogen and oxygen atoms in total. The van der Waals surface area contributed by atoms with Gasteiger partial charge >= 0.3 is 0 Å². The van der Waals surface area contributed by atoms with Crippen LogP contribution >= 0.6 is 0 Å². The molecule has 1 aromatic heterocycles. The summed E-state index contributed by atoms with van der Waals surface area (Å²) in [5.41, 5.74) is 9.55. The van der Waals surface area contributed by atoms with Crippen molar-refractivity contribution in [2.45, 2.75) is 27.7 Å². The maximum atomic E-state index is 12.3. The lowest BCUT2D eigenvalue weighted by molar-refractivity contribution is 0.102. The second-order valence-electron chi connectivity index (χ2n) is 4.74. The van der Waals surface area contributed by atoms with E-state index in [1.54, 1.807) is 19.1 Å². The minimum atomic E-state index is -0.153. The van der Waals surface area contributed by atoms with E-state index < -0.39 is 0 Å². The topological polar surface area (TPSA) is 68.3 Å². The van der Waals surface area contributed by atoms with Crippen molar-refractivity contribution >= 4 is 17.3 Å². The highest BCUT2D eigenvalue weighted by Gasteiger charge is 2.18. The highest BCUT2D eigenvalue weighted by molar-refractivity contribution is 6.06. The first kappa shape index (κ1) is 13.2. The van der Waals surface area contributed by atoms with E-state index in [2.05, 4.69) is 5.32 Å². The van der Waals surface area contributed by atoms with Crippen LogP contribution in [0, 0.1) is 27.7 Å². The number of aryl methyl sites for hydroxylation is 3. The summed E-state index contributed by atoms with van der Waals surface area (Å²) >= 11 is 0. The summed E-state index contributed by atoms with van der Waals surface area (Å²) in [6.45, 7) is 7.45. The molecule has 0 fully saturated rings. The van der Waals surface area contributed by atoms with Crippen molar-refractivity contribution in [2.75, 3.05) is 11.1 Å². The summed E-state index contributed by atoms with van der Waals surface area (Å²) in [6.07, 6.45) is 0. The van der Waals surface area contributed by atoms with Crippen LogP contribution in [0.1, 0.15) is 33.0 Å². The predicted molar refractivity (Wildman–Crippen MR) is 76.5 cm³/mol. The number of nitrogens with one attached hydrogen (secondary N) is 1. The average molecular weight is 258 g/mol. The second kappa shape index (κ2) is 4.80. The van der Waals surface area contributed by atoms with Crippen LogP contribution in [0.25, 0.3) is 0 Å². The molecule has 0 saturated carbocycles. The second-order valence-corrected chi connectivity index (χ2v) is 4.74. The number of carbonyl (C=O) groups excluding carboxylic acids is 1. The van der Waals surface area contributed by atoms with E-state index in [0.717, 1.165) is 22.6 Å². The first-order chi connectivity index (χ1) is 8.90. The van der Waals surface area contributed by atoms with Crippen molar-refractivity contribution in [3.8, 4) is 0 Å². The molecule has 2 aromatic rings. The van der Waals surface area contributed by atoms with Gasteiger partial charge in [-0.25, -0.2) is 0 Å². The van der Waals surface area contributed by atoms with Gasteiger partial charge in [-0.05, 0) is 51.5 Å². The average Bonchev–Trinajstić information content (AvgIpc) is 2.57. The van der Waals surface area contributed by atoms with Gasteiger partial charge in [0, 0.05) is 16.9 Å². The Morgan fingerprint density at radius 3 is 2.37 bits per heavy atom. The molecule has 19 heavy (non-hydrogen) atoms. The minimum absolute atomic E-state index is 0.153. The number of amides is 1. The van der Waals surface area contributed by atoms with Crippen molar-refractivity contribution in [3.05, 3.63) is 46.4 Å². The summed E-state index contributed by atoms with van der Waals surface area (Å²) in [6, 6.07) is 5.40. The summed E-state index contributed by atoms with van der Waals surface area (Å²) < 4.78 is 5.47. The molecule has 0 aliphatic heterocycles. The van der Waals surface area contributed by atoms with Crippen LogP contribution in [0.3, 0.4) is 0 Å². The summed E-state index contributed by atoms with van der Waals surface area (Å²) in [5, 5.41) is 2.89. The molecule has 0 saturated heterocycles. The van der Waals surface area contributed by atoms with Crippen LogP contribution in [0.2, 0.25) is 0 Å². The zero-order valence-corrected chi connectivity index (χ0v) is 11.6. The fourth-order valence-electron chi connectivity index (χ4n) is 2.14. The van der Waals surface area contributed by atoms with E-state index in [9.17, 15) is 4.79 Å². The van der Waals surface area contributed by atoms with Crippen molar-refractivity contribution in [2.24, 2.45) is 0 Å². The quantitative estimate of drug-likeness (QED) is 0.812. The Morgan fingerprint density at radius 2 is 1.84 bits per heavy atom. The first-order valence-electron chi connectivity index (χ1n) is 6.14. The molecule has 0 atom stereocenters. The van der Waals surface area contributed by atoms with Gasteiger partial charge < -0.3 is 15.5 Å². The van der Waals surface area contributed by atoms with Gasteiger partial charge in [0.1, 0.15) is 11.5 Å². The zero-order chi connectivity index (χ0) is 14.2. The molecule has 0 spiro atoms. The van der Waals surface area contributed by atoms with Crippen LogP contribution in [0.5, 0.6) is 0 Å². The molecule has 0 aliphatic rings. The van der Waals surface area contributed by atoms with Crippen LogP contribution in [0.15, 0.2) is 22.6 Å². The van der Waals surface area contributed by atoms with E-state index in [1.807, 2.05) is 26.8 Å². The third kappa shape index (κ3) is 2.47. The van der Waals surface area contributed by atoms with E-state index >= 15 is 0 Å². The fraction of sp³-hybridized carbons (Fsp3) is 0.267. The Balaban J connectivity index is 2.31. The van der Waals surface area contributed by atoms with Crippen molar-refractivity contribution in [1.82, 2.24) is 0 Å².